The molecule has 0 heterocycles. The highest BCUT2D eigenvalue weighted by molar-refractivity contribution is 7.85. The maximum Gasteiger partial charge on any atom is 0.312 e. The zero-order chi connectivity index (χ0) is 15.3. The van der Waals surface area contributed by atoms with Crippen molar-refractivity contribution < 1.29 is 27.3 Å². The maximum atomic E-state index is 12.4. The molecule has 0 aromatic heterocycles. The lowest BCUT2D eigenvalue weighted by Crippen LogP contribution is -2.51. The molecule has 3 bridgehead atoms. The van der Waals surface area contributed by atoms with Crippen LogP contribution < -0.4 is 0 Å². The van der Waals surface area contributed by atoms with E-state index in [1.165, 1.54) is 0 Å². The molecule has 7 heteroatoms. The minimum atomic E-state index is -4.12. The van der Waals surface area contributed by atoms with Crippen molar-refractivity contribution in [3.8, 4) is 0 Å². The molecule has 6 nitrogen and oxygen atoms in total. The Labute approximate surface area is 124 Å². The number of Topliss-reactive ketones (excluding diaryl/α,β-unsaturated/α-hetero) is 1. The third-order valence-corrected chi connectivity index (χ3v) is 6.15. The Morgan fingerprint density at radius 3 is 2.81 bits per heavy atom. The van der Waals surface area contributed by atoms with E-state index in [-0.39, 0.29) is 18.3 Å². The average molecular weight is 316 g/mol. The van der Waals surface area contributed by atoms with Crippen LogP contribution in [0.4, 0.5) is 0 Å². The number of ketones is 1. The first-order valence-electron chi connectivity index (χ1n) is 7.44. The molecule has 21 heavy (non-hydrogen) atoms. The molecular weight excluding hydrogens is 296 g/mol. The number of carbonyl (C=O) groups excluding carboxylic acids is 2. The van der Waals surface area contributed by atoms with E-state index in [0.717, 1.165) is 25.7 Å². The summed E-state index contributed by atoms with van der Waals surface area (Å²) in [6, 6.07) is 0. The molecule has 1 N–H and O–H groups in total. The largest absolute Gasteiger partial charge is 0.464 e. The number of hydrogen-bond donors (Lipinski definition) is 1. The molecular formula is C14H20O6S. The average Bonchev–Trinajstić information content (AvgIpc) is 2.38. The first-order chi connectivity index (χ1) is 9.79. The minimum absolute atomic E-state index is 0.0329. The number of carbonyl (C=O) groups is 2. The molecule has 0 aliphatic heterocycles. The van der Waals surface area contributed by atoms with Crippen LogP contribution in [0.3, 0.4) is 0 Å². The molecule has 4 unspecified atom stereocenters. The zero-order valence-electron chi connectivity index (χ0n) is 11.8. The smallest absolute Gasteiger partial charge is 0.312 e. The van der Waals surface area contributed by atoms with Crippen molar-refractivity contribution in [1.82, 2.24) is 0 Å². The summed E-state index contributed by atoms with van der Waals surface area (Å²) in [7, 11) is -4.12. The third-order valence-electron chi connectivity index (χ3n) is 5.46. The van der Waals surface area contributed by atoms with Gasteiger partial charge in [-0.3, -0.25) is 14.1 Å². The highest BCUT2D eigenvalue weighted by Gasteiger charge is 2.55. The highest BCUT2D eigenvalue weighted by atomic mass is 32.2. The molecule has 0 aromatic rings. The predicted octanol–water partition coefficient (Wildman–Crippen LogP) is 1.20. The minimum Gasteiger partial charge on any atom is -0.464 e. The van der Waals surface area contributed by atoms with E-state index in [1.54, 1.807) is 0 Å². The summed E-state index contributed by atoms with van der Waals surface area (Å²) in [5.74, 6) is 0.0924. The van der Waals surface area contributed by atoms with Gasteiger partial charge in [0.25, 0.3) is 10.1 Å². The van der Waals surface area contributed by atoms with Gasteiger partial charge in [-0.15, -0.1) is 0 Å². The normalized spacial score (nSPS) is 38.3. The quantitative estimate of drug-likeness (QED) is 0.618. The number of esters is 1. The van der Waals surface area contributed by atoms with E-state index in [4.69, 9.17) is 9.29 Å². The molecule has 0 spiro atoms. The van der Waals surface area contributed by atoms with E-state index < -0.39 is 27.3 Å². The van der Waals surface area contributed by atoms with Crippen LogP contribution >= 0.6 is 0 Å². The second-order valence-corrected chi connectivity index (χ2v) is 8.34. The van der Waals surface area contributed by atoms with Crippen molar-refractivity contribution in [3.63, 3.8) is 0 Å². The fourth-order valence-electron chi connectivity index (χ4n) is 4.45. The van der Waals surface area contributed by atoms with Crippen LogP contribution in [0.5, 0.6) is 0 Å². The summed E-state index contributed by atoms with van der Waals surface area (Å²) in [6.07, 6.45) is 4.44. The molecule has 3 saturated carbocycles. The van der Waals surface area contributed by atoms with Gasteiger partial charge < -0.3 is 4.74 Å². The molecule has 118 valence electrons. The third kappa shape index (κ3) is 2.85. The van der Waals surface area contributed by atoms with Crippen molar-refractivity contribution >= 4 is 21.9 Å². The Kier molecular flexibility index (Phi) is 3.60. The number of ether oxygens (including phenoxy) is 1. The first kappa shape index (κ1) is 15.0. The van der Waals surface area contributed by atoms with E-state index in [2.05, 4.69) is 0 Å². The van der Waals surface area contributed by atoms with Crippen LogP contribution in [0.1, 0.15) is 38.5 Å². The lowest BCUT2D eigenvalue weighted by molar-refractivity contribution is -0.169. The van der Waals surface area contributed by atoms with Gasteiger partial charge in [-0.1, -0.05) is 0 Å². The van der Waals surface area contributed by atoms with Gasteiger partial charge in [0, 0.05) is 12.3 Å². The second-order valence-electron chi connectivity index (χ2n) is 6.77. The van der Waals surface area contributed by atoms with Gasteiger partial charge in [-0.2, -0.15) is 8.42 Å². The van der Waals surface area contributed by atoms with Gasteiger partial charge in [0.1, 0.15) is 18.1 Å². The lowest BCUT2D eigenvalue weighted by Gasteiger charge is -2.52. The fraction of sp³-hybridized carbons (Fsp3) is 0.857. The summed E-state index contributed by atoms with van der Waals surface area (Å²) in [5, 5.41) is 0. The molecule has 0 amide bonds. The van der Waals surface area contributed by atoms with E-state index in [1.807, 2.05) is 0 Å². The van der Waals surface area contributed by atoms with E-state index >= 15 is 0 Å². The van der Waals surface area contributed by atoms with Crippen molar-refractivity contribution in [2.75, 3.05) is 12.4 Å². The predicted molar refractivity (Wildman–Crippen MR) is 73.0 cm³/mol. The Bertz CT molecular complexity index is 568. The summed E-state index contributed by atoms with van der Waals surface area (Å²) >= 11 is 0. The number of hydrogen-bond acceptors (Lipinski definition) is 5. The van der Waals surface area contributed by atoms with Crippen molar-refractivity contribution in [3.05, 3.63) is 0 Å². The highest BCUT2D eigenvalue weighted by Crippen LogP contribution is 2.57. The SMILES string of the molecule is O=C1CC2CCC3(C(=O)OCCS(=O)(=O)O)CC1CC2C3. The summed E-state index contributed by atoms with van der Waals surface area (Å²) < 4.78 is 35.1. The van der Waals surface area contributed by atoms with Gasteiger partial charge in [-0.05, 0) is 43.9 Å². The molecule has 0 saturated heterocycles. The van der Waals surface area contributed by atoms with Crippen molar-refractivity contribution in [2.45, 2.75) is 38.5 Å². The summed E-state index contributed by atoms with van der Waals surface area (Å²) in [4.78, 5) is 24.4. The van der Waals surface area contributed by atoms with Crippen LogP contribution in [0.2, 0.25) is 0 Å². The monoisotopic (exact) mass is 316 g/mol. The molecule has 3 aliphatic rings. The molecule has 4 atom stereocenters. The fourth-order valence-corrected chi connectivity index (χ4v) is 4.74. The molecule has 3 rings (SSSR count). The molecule has 3 aliphatic carbocycles. The Morgan fingerprint density at radius 2 is 2.10 bits per heavy atom. The van der Waals surface area contributed by atoms with Crippen LogP contribution in [0, 0.1) is 23.2 Å². The Balaban J connectivity index is 1.69. The molecule has 0 radical (unpaired) electrons. The summed E-state index contributed by atoms with van der Waals surface area (Å²) in [6.45, 7) is -0.327. The topological polar surface area (TPSA) is 97.7 Å². The van der Waals surface area contributed by atoms with Crippen molar-refractivity contribution in [2.24, 2.45) is 23.2 Å². The molecule has 0 aromatic carbocycles. The summed E-state index contributed by atoms with van der Waals surface area (Å²) in [5.41, 5.74) is -0.612. The Hall–Kier alpha value is -0.950. The standard InChI is InChI=1S/C14H20O6S/c15-12-6-9-1-2-14(7-10(9)5-11(12)8-14)13(16)20-3-4-21(17,18)19/h9-11H,1-8H2,(H,17,18,19). The van der Waals surface area contributed by atoms with Gasteiger partial charge in [0.2, 0.25) is 0 Å². The van der Waals surface area contributed by atoms with E-state index in [0.29, 0.717) is 24.7 Å². The Morgan fingerprint density at radius 1 is 1.33 bits per heavy atom. The lowest BCUT2D eigenvalue weighted by atomic mass is 9.51. The van der Waals surface area contributed by atoms with Gasteiger partial charge in [-0.25, -0.2) is 0 Å². The second kappa shape index (κ2) is 5.05. The first-order valence-corrected chi connectivity index (χ1v) is 9.05. The van der Waals surface area contributed by atoms with Crippen LogP contribution in [-0.4, -0.2) is 37.1 Å². The maximum absolute atomic E-state index is 12.4. The van der Waals surface area contributed by atoms with Gasteiger partial charge >= 0.3 is 5.97 Å². The van der Waals surface area contributed by atoms with Crippen molar-refractivity contribution in [1.29, 1.82) is 0 Å². The van der Waals surface area contributed by atoms with Gasteiger partial charge in [0.05, 0.1) is 5.41 Å². The van der Waals surface area contributed by atoms with Crippen LogP contribution in [0.15, 0.2) is 0 Å². The zero-order valence-corrected chi connectivity index (χ0v) is 12.6. The van der Waals surface area contributed by atoms with Gasteiger partial charge in [0.15, 0.2) is 0 Å². The van der Waals surface area contributed by atoms with Crippen LogP contribution in [0.25, 0.3) is 0 Å². The molecule has 3 fully saturated rings. The number of fused-ring (bicyclic) bond motifs is 2. The number of rotatable bonds is 4. The van der Waals surface area contributed by atoms with E-state index in [9.17, 15) is 18.0 Å². The van der Waals surface area contributed by atoms with Crippen LogP contribution in [-0.2, 0) is 24.4 Å².